The molecule has 142 valence electrons. The molecule has 0 radical (unpaired) electrons. The number of nitrogens with zero attached hydrogens (tertiary/aromatic N) is 1. The van der Waals surface area contributed by atoms with E-state index in [1.165, 1.54) is 11.3 Å². The minimum absolute atomic E-state index is 0.232. The number of hydrogen-bond acceptors (Lipinski definition) is 6. The molecule has 1 aromatic carbocycles. The van der Waals surface area contributed by atoms with Crippen LogP contribution in [0.25, 0.3) is 0 Å². The Morgan fingerprint density at radius 3 is 2.96 bits per heavy atom. The number of anilines is 1. The molecule has 2 atom stereocenters. The molecule has 27 heavy (non-hydrogen) atoms. The maximum atomic E-state index is 12.3. The third-order valence-electron chi connectivity index (χ3n) is 4.02. The number of allylic oxidation sites excluding steroid dienone is 2. The number of nitrogens with two attached hydrogens (primary N) is 1. The highest BCUT2D eigenvalue weighted by atomic mass is 35.5. The summed E-state index contributed by atoms with van der Waals surface area (Å²) < 4.78 is 6.04. The van der Waals surface area contributed by atoms with Crippen molar-refractivity contribution in [2.24, 2.45) is 5.73 Å². The minimum atomic E-state index is -0.846. The van der Waals surface area contributed by atoms with Crippen molar-refractivity contribution in [3.8, 4) is 0 Å². The van der Waals surface area contributed by atoms with Gasteiger partial charge >= 0.3 is 0 Å². The van der Waals surface area contributed by atoms with Crippen LogP contribution in [0.5, 0.6) is 0 Å². The van der Waals surface area contributed by atoms with Gasteiger partial charge in [0.05, 0.1) is 5.03 Å². The van der Waals surface area contributed by atoms with Gasteiger partial charge in [-0.3, -0.25) is 4.79 Å². The average Bonchev–Trinajstić information content (AvgIpc) is 3.05. The number of hydrogen-bond donors (Lipinski definition) is 3. The van der Waals surface area contributed by atoms with E-state index in [0.717, 1.165) is 10.4 Å². The fraction of sp³-hybridized carbons (Fsp3) is 0.263. The zero-order valence-electron chi connectivity index (χ0n) is 15.2. The number of ether oxygens (including phenoxy) is 1. The molecule has 1 unspecified atom stereocenters. The number of nitrogens with one attached hydrogen (secondary N) is 2. The molecule has 8 heteroatoms. The van der Waals surface area contributed by atoms with Crippen molar-refractivity contribution in [3.05, 3.63) is 69.0 Å². The summed E-state index contributed by atoms with van der Waals surface area (Å²) in [4.78, 5) is 17.4. The van der Waals surface area contributed by atoms with E-state index >= 15 is 0 Å². The number of halogens is 1. The lowest BCUT2D eigenvalue weighted by Gasteiger charge is -2.33. The van der Waals surface area contributed by atoms with Crippen LogP contribution in [0.1, 0.15) is 40.2 Å². The molecule has 0 bridgehead atoms. The number of rotatable bonds is 5. The van der Waals surface area contributed by atoms with Gasteiger partial charge in [-0.1, -0.05) is 23.7 Å². The van der Waals surface area contributed by atoms with Gasteiger partial charge in [0.1, 0.15) is 17.5 Å². The summed E-state index contributed by atoms with van der Waals surface area (Å²) in [5.41, 5.74) is 6.92. The smallest absolute Gasteiger partial charge is 0.284 e. The van der Waals surface area contributed by atoms with Crippen molar-refractivity contribution in [1.29, 1.82) is 0 Å². The van der Waals surface area contributed by atoms with E-state index < -0.39 is 5.66 Å². The van der Waals surface area contributed by atoms with Crippen LogP contribution in [-0.2, 0) is 4.74 Å². The van der Waals surface area contributed by atoms with Gasteiger partial charge in [0.15, 0.2) is 5.01 Å². The quantitative estimate of drug-likeness (QED) is 0.700. The second-order valence-electron chi connectivity index (χ2n) is 6.50. The average molecular weight is 405 g/mol. The van der Waals surface area contributed by atoms with Crippen molar-refractivity contribution < 1.29 is 9.53 Å². The topological polar surface area (TPSA) is 89.3 Å². The number of carbonyl (C=O) groups is 1. The molecule has 4 N–H and O–H groups in total. The first-order valence-electron chi connectivity index (χ1n) is 8.39. The van der Waals surface area contributed by atoms with E-state index in [-0.39, 0.29) is 12.0 Å². The van der Waals surface area contributed by atoms with Gasteiger partial charge in [0.2, 0.25) is 0 Å². The van der Waals surface area contributed by atoms with Crippen molar-refractivity contribution >= 4 is 34.5 Å². The van der Waals surface area contributed by atoms with E-state index in [9.17, 15) is 4.79 Å². The second-order valence-corrected chi connectivity index (χ2v) is 8.17. The van der Waals surface area contributed by atoms with E-state index in [2.05, 4.69) is 15.6 Å². The summed E-state index contributed by atoms with van der Waals surface area (Å²) >= 11 is 7.40. The highest BCUT2D eigenvalue weighted by molar-refractivity contribution is 7.13. The van der Waals surface area contributed by atoms with E-state index in [1.807, 2.05) is 38.1 Å². The van der Waals surface area contributed by atoms with Crippen molar-refractivity contribution in [3.63, 3.8) is 0 Å². The lowest BCUT2D eigenvalue weighted by molar-refractivity contribution is 0.0946. The molecule has 0 spiro atoms. The van der Waals surface area contributed by atoms with Crippen molar-refractivity contribution in [1.82, 2.24) is 10.3 Å². The molecule has 0 saturated carbocycles. The molecular formula is C19H21ClN4O2S. The molecule has 0 fully saturated rings. The Kier molecular flexibility index (Phi) is 5.55. The Labute approximate surface area is 167 Å². The van der Waals surface area contributed by atoms with E-state index in [1.54, 1.807) is 25.4 Å². The Morgan fingerprint density at radius 1 is 1.48 bits per heavy atom. The lowest BCUT2D eigenvalue weighted by Crippen LogP contribution is -2.52. The van der Waals surface area contributed by atoms with Crippen molar-refractivity contribution in [2.75, 3.05) is 5.32 Å². The lowest BCUT2D eigenvalue weighted by atomic mass is 10.1. The molecule has 1 amide bonds. The summed E-state index contributed by atoms with van der Waals surface area (Å²) in [6.45, 7) is 5.63. The number of benzene rings is 1. The SMILES string of the molecule is Cc1cnc(C(=O)Nc2cccc([C@@H](C)OC3=CC(Cl)=CNC3(C)N)c2)s1. The van der Waals surface area contributed by atoms with Crippen LogP contribution in [-0.4, -0.2) is 16.6 Å². The second kappa shape index (κ2) is 7.72. The highest BCUT2D eigenvalue weighted by Gasteiger charge is 2.29. The zero-order valence-corrected chi connectivity index (χ0v) is 16.8. The number of amides is 1. The number of carbonyl (C=O) groups excluding carboxylic acids is 1. The van der Waals surface area contributed by atoms with Gasteiger partial charge in [-0.2, -0.15) is 0 Å². The fourth-order valence-corrected chi connectivity index (χ4v) is 3.35. The predicted octanol–water partition coefficient (Wildman–Crippen LogP) is 4.02. The van der Waals surface area contributed by atoms with Crippen molar-refractivity contribution in [2.45, 2.75) is 32.5 Å². The molecule has 2 aromatic rings. The molecule has 1 aliphatic heterocycles. The van der Waals surface area contributed by atoms with Crippen LogP contribution in [0.15, 0.2) is 53.5 Å². The van der Waals surface area contributed by atoms with E-state index in [4.69, 9.17) is 22.1 Å². The van der Waals surface area contributed by atoms with Crippen LogP contribution >= 0.6 is 22.9 Å². The first-order valence-corrected chi connectivity index (χ1v) is 9.59. The normalized spacial score (nSPS) is 20.2. The summed E-state index contributed by atoms with van der Waals surface area (Å²) in [6.07, 6.45) is 4.73. The molecule has 6 nitrogen and oxygen atoms in total. The molecule has 1 aliphatic rings. The molecule has 1 aromatic heterocycles. The Bertz CT molecular complexity index is 920. The zero-order chi connectivity index (χ0) is 19.6. The Morgan fingerprint density at radius 2 is 2.26 bits per heavy atom. The standard InChI is InChI=1S/C19H21ClN4O2S/c1-11-9-22-18(27-11)17(25)24-15-6-4-5-13(7-15)12(2)26-16-8-14(20)10-23-19(16,3)21/h4-10,12,23H,21H2,1-3H3,(H,24,25)/t12-,19?/m1/s1. The number of aromatic nitrogens is 1. The Balaban J connectivity index is 1.73. The van der Waals surface area contributed by atoms with Crippen LogP contribution in [0.2, 0.25) is 0 Å². The molecule has 0 saturated heterocycles. The maximum absolute atomic E-state index is 12.3. The predicted molar refractivity (Wildman–Crippen MR) is 108 cm³/mol. The largest absolute Gasteiger partial charge is 0.486 e. The Hall–Kier alpha value is -2.35. The van der Waals surface area contributed by atoms with Gasteiger partial charge in [-0.15, -0.1) is 11.3 Å². The number of dihydropyridines is 1. The van der Waals surface area contributed by atoms with Gasteiger partial charge in [-0.05, 0) is 44.5 Å². The minimum Gasteiger partial charge on any atom is -0.486 e. The first-order chi connectivity index (χ1) is 12.7. The van der Waals surface area contributed by atoms with E-state index in [0.29, 0.717) is 21.5 Å². The summed E-state index contributed by atoms with van der Waals surface area (Å²) in [5.74, 6) is 0.305. The van der Waals surface area contributed by atoms with Crippen LogP contribution in [0, 0.1) is 6.92 Å². The molecule has 2 heterocycles. The molecular weight excluding hydrogens is 384 g/mol. The van der Waals surface area contributed by atoms with Gasteiger partial charge < -0.3 is 21.1 Å². The summed E-state index contributed by atoms with van der Waals surface area (Å²) in [6, 6.07) is 7.48. The van der Waals surface area contributed by atoms with Gasteiger partial charge in [0.25, 0.3) is 5.91 Å². The molecule has 3 rings (SSSR count). The third-order valence-corrected chi connectivity index (χ3v) is 5.15. The third kappa shape index (κ3) is 4.68. The summed E-state index contributed by atoms with van der Waals surface area (Å²) in [5, 5.41) is 6.81. The van der Waals surface area contributed by atoms with Crippen LogP contribution < -0.4 is 16.4 Å². The highest BCUT2D eigenvalue weighted by Crippen LogP contribution is 2.29. The fourth-order valence-electron chi connectivity index (χ4n) is 2.54. The van der Waals surface area contributed by atoms with Gasteiger partial charge in [-0.25, -0.2) is 4.98 Å². The van der Waals surface area contributed by atoms with Crippen LogP contribution in [0.3, 0.4) is 0 Å². The first kappa shape index (κ1) is 19.4. The van der Waals surface area contributed by atoms with Crippen LogP contribution in [0.4, 0.5) is 5.69 Å². The number of thiazole rings is 1. The maximum Gasteiger partial charge on any atom is 0.284 e. The monoisotopic (exact) mass is 404 g/mol. The molecule has 0 aliphatic carbocycles. The van der Waals surface area contributed by atoms with Gasteiger partial charge in [0, 0.05) is 23.0 Å². The summed E-state index contributed by atoms with van der Waals surface area (Å²) in [7, 11) is 0. The number of aryl methyl sites for hydroxylation is 1.